The largest absolute Gasteiger partial charge is 0.497 e. The number of aromatic amines is 1. The van der Waals surface area contributed by atoms with E-state index in [-0.39, 0.29) is 0 Å². The van der Waals surface area contributed by atoms with Crippen LogP contribution in [0.15, 0.2) is 18.2 Å². The Morgan fingerprint density at radius 3 is 2.67 bits per heavy atom. The Balaban J connectivity index is 1.75. The van der Waals surface area contributed by atoms with Crippen molar-refractivity contribution in [2.75, 3.05) is 46.9 Å². The van der Waals surface area contributed by atoms with Gasteiger partial charge in [-0.25, -0.2) is 0 Å². The molecule has 4 nitrogen and oxygen atoms in total. The molecule has 3 rings (SSSR count). The van der Waals surface area contributed by atoms with E-state index in [4.69, 9.17) is 4.74 Å². The van der Waals surface area contributed by atoms with Crippen molar-refractivity contribution >= 4 is 10.9 Å². The van der Waals surface area contributed by atoms with E-state index in [2.05, 4.69) is 40.9 Å². The Kier molecular flexibility index (Phi) is 4.17. The Bertz CT molecular complexity index is 612. The number of piperazine rings is 1. The van der Waals surface area contributed by atoms with Gasteiger partial charge in [0.1, 0.15) is 5.75 Å². The molecule has 0 bridgehead atoms. The third-order valence-corrected chi connectivity index (χ3v) is 4.60. The molecular formula is C17H25N3O. The maximum Gasteiger partial charge on any atom is 0.119 e. The molecule has 1 saturated heterocycles. The summed E-state index contributed by atoms with van der Waals surface area (Å²) < 4.78 is 5.36. The molecule has 21 heavy (non-hydrogen) atoms. The molecule has 2 heterocycles. The lowest BCUT2D eigenvalue weighted by Gasteiger charge is -2.32. The number of likely N-dealkylation sites (N-methyl/N-ethyl adjacent to an activating group) is 1. The van der Waals surface area contributed by atoms with Gasteiger partial charge in [-0.05, 0) is 44.2 Å². The molecule has 1 aliphatic rings. The number of aryl methyl sites for hydroxylation is 1. The monoisotopic (exact) mass is 287 g/mol. The maximum absolute atomic E-state index is 5.36. The van der Waals surface area contributed by atoms with Gasteiger partial charge in [0.15, 0.2) is 0 Å². The summed E-state index contributed by atoms with van der Waals surface area (Å²) in [5, 5.41) is 1.31. The number of benzene rings is 1. The van der Waals surface area contributed by atoms with Crippen molar-refractivity contribution in [1.29, 1.82) is 0 Å². The zero-order valence-corrected chi connectivity index (χ0v) is 13.3. The Labute approximate surface area is 126 Å². The van der Waals surface area contributed by atoms with Crippen LogP contribution in [0.3, 0.4) is 0 Å². The van der Waals surface area contributed by atoms with Crippen LogP contribution in [-0.2, 0) is 6.42 Å². The lowest BCUT2D eigenvalue weighted by atomic mass is 10.1. The highest BCUT2D eigenvalue weighted by molar-refractivity contribution is 5.86. The van der Waals surface area contributed by atoms with Crippen LogP contribution in [0, 0.1) is 6.92 Å². The van der Waals surface area contributed by atoms with Crippen LogP contribution in [0.2, 0.25) is 0 Å². The molecule has 0 amide bonds. The Morgan fingerprint density at radius 1 is 1.19 bits per heavy atom. The SMILES string of the molecule is COc1ccc2[nH]c(C)c(CCN3CCN(C)CC3)c2c1. The van der Waals surface area contributed by atoms with Crippen LogP contribution in [0.1, 0.15) is 11.3 Å². The van der Waals surface area contributed by atoms with Gasteiger partial charge in [-0.15, -0.1) is 0 Å². The minimum Gasteiger partial charge on any atom is -0.497 e. The molecule has 4 heteroatoms. The fraction of sp³-hybridized carbons (Fsp3) is 0.529. The highest BCUT2D eigenvalue weighted by Crippen LogP contribution is 2.26. The van der Waals surface area contributed by atoms with Gasteiger partial charge in [0.05, 0.1) is 7.11 Å². The smallest absolute Gasteiger partial charge is 0.119 e. The van der Waals surface area contributed by atoms with Crippen molar-refractivity contribution < 1.29 is 4.74 Å². The Hall–Kier alpha value is -1.52. The van der Waals surface area contributed by atoms with Crippen LogP contribution in [0.4, 0.5) is 0 Å². The van der Waals surface area contributed by atoms with Crippen molar-refractivity contribution in [3.05, 3.63) is 29.5 Å². The minimum atomic E-state index is 0.933. The maximum atomic E-state index is 5.36. The molecule has 0 aliphatic carbocycles. The topological polar surface area (TPSA) is 31.5 Å². The molecule has 1 N–H and O–H groups in total. The zero-order chi connectivity index (χ0) is 14.8. The van der Waals surface area contributed by atoms with Gasteiger partial charge in [0, 0.05) is 49.3 Å². The summed E-state index contributed by atoms with van der Waals surface area (Å²) in [6.45, 7) is 8.04. The third kappa shape index (κ3) is 3.06. The van der Waals surface area contributed by atoms with Crippen LogP contribution >= 0.6 is 0 Å². The molecule has 0 atom stereocenters. The number of fused-ring (bicyclic) bond motifs is 1. The highest BCUT2D eigenvalue weighted by Gasteiger charge is 2.15. The molecule has 2 aromatic rings. The van der Waals surface area contributed by atoms with E-state index in [1.807, 2.05) is 6.07 Å². The number of hydrogen-bond acceptors (Lipinski definition) is 3. The molecule has 1 aromatic carbocycles. The lowest BCUT2D eigenvalue weighted by molar-refractivity contribution is 0.155. The summed E-state index contributed by atoms with van der Waals surface area (Å²) in [7, 11) is 3.93. The summed E-state index contributed by atoms with van der Waals surface area (Å²) in [4.78, 5) is 8.46. The first-order valence-electron chi connectivity index (χ1n) is 7.73. The van der Waals surface area contributed by atoms with Crippen LogP contribution in [0.5, 0.6) is 5.75 Å². The van der Waals surface area contributed by atoms with Crippen molar-refractivity contribution in [3.8, 4) is 5.75 Å². The van der Waals surface area contributed by atoms with E-state index in [1.54, 1.807) is 7.11 Å². The third-order valence-electron chi connectivity index (χ3n) is 4.60. The second kappa shape index (κ2) is 6.08. The van der Waals surface area contributed by atoms with Gasteiger partial charge < -0.3 is 19.5 Å². The van der Waals surface area contributed by atoms with E-state index in [0.717, 1.165) is 18.7 Å². The molecule has 0 saturated carbocycles. The van der Waals surface area contributed by atoms with E-state index >= 15 is 0 Å². The quantitative estimate of drug-likeness (QED) is 0.936. The number of hydrogen-bond donors (Lipinski definition) is 1. The molecule has 1 fully saturated rings. The average molecular weight is 287 g/mol. The van der Waals surface area contributed by atoms with Crippen molar-refractivity contribution in [3.63, 3.8) is 0 Å². The summed E-state index contributed by atoms with van der Waals surface area (Å²) in [6.07, 6.45) is 1.10. The fourth-order valence-electron chi connectivity index (χ4n) is 3.15. The summed E-state index contributed by atoms with van der Waals surface area (Å²) in [5.41, 5.74) is 3.93. The van der Waals surface area contributed by atoms with Crippen molar-refractivity contribution in [2.24, 2.45) is 0 Å². The summed E-state index contributed by atoms with van der Waals surface area (Å²) >= 11 is 0. The van der Waals surface area contributed by atoms with Gasteiger partial charge in [-0.3, -0.25) is 0 Å². The molecule has 1 aliphatic heterocycles. The summed E-state index contributed by atoms with van der Waals surface area (Å²) in [6, 6.07) is 6.28. The summed E-state index contributed by atoms with van der Waals surface area (Å²) in [5.74, 6) is 0.933. The first kappa shape index (κ1) is 14.4. The predicted molar refractivity (Wildman–Crippen MR) is 87.2 cm³/mol. The predicted octanol–water partition coefficient (Wildman–Crippen LogP) is 2.27. The van der Waals surface area contributed by atoms with Crippen molar-refractivity contribution in [1.82, 2.24) is 14.8 Å². The van der Waals surface area contributed by atoms with Gasteiger partial charge in [0.2, 0.25) is 0 Å². The first-order chi connectivity index (χ1) is 10.2. The number of nitrogens with zero attached hydrogens (tertiary/aromatic N) is 2. The van der Waals surface area contributed by atoms with E-state index in [9.17, 15) is 0 Å². The van der Waals surface area contributed by atoms with E-state index < -0.39 is 0 Å². The highest BCUT2D eigenvalue weighted by atomic mass is 16.5. The van der Waals surface area contributed by atoms with Gasteiger partial charge in [-0.1, -0.05) is 0 Å². The molecule has 0 spiro atoms. The normalized spacial score (nSPS) is 17.5. The van der Waals surface area contributed by atoms with E-state index in [0.29, 0.717) is 0 Å². The number of nitrogens with one attached hydrogen (secondary N) is 1. The van der Waals surface area contributed by atoms with Crippen LogP contribution in [0.25, 0.3) is 10.9 Å². The van der Waals surface area contributed by atoms with Crippen LogP contribution < -0.4 is 4.74 Å². The molecular weight excluding hydrogens is 262 g/mol. The van der Waals surface area contributed by atoms with Crippen LogP contribution in [-0.4, -0.2) is 61.7 Å². The number of ether oxygens (including phenoxy) is 1. The minimum absolute atomic E-state index is 0.933. The number of H-pyrrole nitrogens is 1. The fourth-order valence-corrected chi connectivity index (χ4v) is 3.15. The first-order valence-corrected chi connectivity index (χ1v) is 7.73. The average Bonchev–Trinajstić information content (AvgIpc) is 2.81. The zero-order valence-electron chi connectivity index (χ0n) is 13.3. The van der Waals surface area contributed by atoms with Gasteiger partial charge in [0.25, 0.3) is 0 Å². The second-order valence-corrected chi connectivity index (χ2v) is 6.03. The van der Waals surface area contributed by atoms with Crippen molar-refractivity contribution in [2.45, 2.75) is 13.3 Å². The van der Waals surface area contributed by atoms with Gasteiger partial charge in [-0.2, -0.15) is 0 Å². The molecule has 114 valence electrons. The Morgan fingerprint density at radius 2 is 1.95 bits per heavy atom. The second-order valence-electron chi connectivity index (χ2n) is 6.03. The van der Waals surface area contributed by atoms with Gasteiger partial charge >= 0.3 is 0 Å². The molecule has 0 unspecified atom stereocenters. The lowest BCUT2D eigenvalue weighted by Crippen LogP contribution is -2.45. The van der Waals surface area contributed by atoms with E-state index in [1.165, 1.54) is 48.3 Å². The number of methoxy groups -OCH3 is 1. The standard InChI is InChI=1S/C17H25N3O/c1-13-15(6-7-20-10-8-19(2)9-11-20)16-12-14(21-3)4-5-17(16)18-13/h4-5,12,18H,6-11H2,1-3H3. The molecule has 1 aromatic heterocycles. The molecule has 0 radical (unpaired) electrons. The number of rotatable bonds is 4. The number of aromatic nitrogens is 1.